The third kappa shape index (κ3) is 4.90. The first kappa shape index (κ1) is 25.1. The van der Waals surface area contributed by atoms with E-state index in [9.17, 15) is 5.02 Å². The van der Waals surface area contributed by atoms with E-state index in [1.807, 2.05) is 7.11 Å². The van der Waals surface area contributed by atoms with E-state index in [0.29, 0.717) is 0 Å². The fourth-order valence-corrected chi connectivity index (χ4v) is 7.07. The first-order valence-electron chi connectivity index (χ1n) is 14.1. The smallest absolute Gasteiger partial charge is 0.457 e. The SMILES string of the molecule is COc1ccc(C2=CC3=C(CC2)CCC(B(O)OC2(C)CC2(C)C)CC3)cc1C1(C)CCCCC1. The van der Waals surface area contributed by atoms with Crippen molar-refractivity contribution in [3.05, 3.63) is 46.5 Å². The van der Waals surface area contributed by atoms with Crippen LogP contribution in [0.4, 0.5) is 0 Å². The van der Waals surface area contributed by atoms with Crippen molar-refractivity contribution in [1.29, 1.82) is 0 Å². The topological polar surface area (TPSA) is 38.7 Å². The lowest BCUT2D eigenvalue weighted by Crippen LogP contribution is -2.32. The predicted molar refractivity (Wildman–Crippen MR) is 146 cm³/mol. The lowest BCUT2D eigenvalue weighted by molar-refractivity contribution is 0.119. The van der Waals surface area contributed by atoms with Crippen molar-refractivity contribution in [2.45, 2.75) is 122 Å². The Bertz CT molecular complexity index is 1020. The molecule has 4 aliphatic rings. The molecule has 35 heavy (non-hydrogen) atoms. The molecule has 3 nitrogen and oxygen atoms in total. The van der Waals surface area contributed by atoms with Gasteiger partial charge in [0.15, 0.2) is 0 Å². The van der Waals surface area contributed by atoms with Crippen molar-refractivity contribution in [3.63, 3.8) is 0 Å². The molecular formula is C31H45BO3. The number of benzene rings is 1. The van der Waals surface area contributed by atoms with Gasteiger partial charge in [-0.1, -0.05) is 57.7 Å². The van der Waals surface area contributed by atoms with E-state index in [0.717, 1.165) is 50.7 Å². The van der Waals surface area contributed by atoms with Gasteiger partial charge in [-0.2, -0.15) is 0 Å². The second-order valence-electron chi connectivity index (χ2n) is 13.0. The first-order chi connectivity index (χ1) is 16.6. The summed E-state index contributed by atoms with van der Waals surface area (Å²) in [5.74, 6) is 1.28. The van der Waals surface area contributed by atoms with Crippen LogP contribution in [0.15, 0.2) is 35.4 Å². The van der Waals surface area contributed by atoms with Crippen LogP contribution in [-0.2, 0) is 10.1 Å². The molecule has 2 atom stereocenters. The fraction of sp³-hybridized carbons (Fsp3) is 0.677. The van der Waals surface area contributed by atoms with Crippen LogP contribution < -0.4 is 4.74 Å². The van der Waals surface area contributed by atoms with Crippen LogP contribution in [0.25, 0.3) is 5.57 Å². The highest BCUT2D eigenvalue weighted by Crippen LogP contribution is 2.58. The van der Waals surface area contributed by atoms with Crippen LogP contribution in [0.3, 0.4) is 0 Å². The number of ether oxygens (including phenoxy) is 1. The Kier molecular flexibility index (Phi) is 6.76. The zero-order valence-electron chi connectivity index (χ0n) is 22.7. The van der Waals surface area contributed by atoms with Gasteiger partial charge in [0, 0.05) is 5.56 Å². The normalized spacial score (nSPS) is 29.7. The maximum atomic E-state index is 10.9. The molecule has 1 aromatic rings. The van der Waals surface area contributed by atoms with E-state index in [1.165, 1.54) is 54.4 Å². The Labute approximate surface area is 213 Å². The van der Waals surface area contributed by atoms with Gasteiger partial charge in [-0.15, -0.1) is 0 Å². The molecule has 4 aliphatic carbocycles. The molecule has 0 radical (unpaired) electrons. The highest BCUT2D eigenvalue weighted by Gasteiger charge is 2.60. The summed E-state index contributed by atoms with van der Waals surface area (Å²) in [5, 5.41) is 10.9. The molecule has 2 unspecified atom stereocenters. The Morgan fingerprint density at radius 1 is 0.943 bits per heavy atom. The molecule has 0 aliphatic heterocycles. The average Bonchev–Trinajstić information content (AvgIpc) is 3.43. The molecule has 1 aromatic carbocycles. The third-order valence-electron chi connectivity index (χ3n) is 10.1. The molecule has 4 heteroatoms. The van der Waals surface area contributed by atoms with E-state index in [-0.39, 0.29) is 22.2 Å². The van der Waals surface area contributed by atoms with E-state index in [4.69, 9.17) is 9.39 Å². The summed E-state index contributed by atoms with van der Waals surface area (Å²) in [6.07, 6.45) is 16.4. The zero-order chi connectivity index (χ0) is 24.8. The largest absolute Gasteiger partial charge is 0.496 e. The van der Waals surface area contributed by atoms with Crippen LogP contribution in [0, 0.1) is 5.41 Å². The molecule has 0 bridgehead atoms. The highest BCUT2D eigenvalue weighted by molar-refractivity contribution is 6.45. The Hall–Kier alpha value is -1.52. The van der Waals surface area contributed by atoms with Gasteiger partial charge < -0.3 is 14.4 Å². The Balaban J connectivity index is 1.32. The van der Waals surface area contributed by atoms with Crippen molar-refractivity contribution < 1.29 is 14.4 Å². The number of methoxy groups -OCH3 is 1. The molecule has 0 heterocycles. The second kappa shape index (κ2) is 9.41. The van der Waals surface area contributed by atoms with E-state index < -0.39 is 7.12 Å². The summed E-state index contributed by atoms with van der Waals surface area (Å²) >= 11 is 0. The number of hydrogen-bond donors (Lipinski definition) is 1. The number of hydrogen-bond acceptors (Lipinski definition) is 3. The fourth-order valence-electron chi connectivity index (χ4n) is 7.07. The summed E-state index contributed by atoms with van der Waals surface area (Å²) in [6, 6.07) is 6.91. The molecule has 0 spiro atoms. The molecule has 1 N–H and O–H groups in total. The highest BCUT2D eigenvalue weighted by atomic mass is 16.5. The van der Waals surface area contributed by atoms with Gasteiger partial charge in [-0.3, -0.25) is 0 Å². The maximum Gasteiger partial charge on any atom is 0.457 e. The summed E-state index contributed by atoms with van der Waals surface area (Å²) in [6.45, 7) is 9.06. The van der Waals surface area contributed by atoms with Gasteiger partial charge >= 0.3 is 7.12 Å². The van der Waals surface area contributed by atoms with Gasteiger partial charge in [0.05, 0.1) is 12.7 Å². The molecule has 2 saturated carbocycles. The summed E-state index contributed by atoms with van der Waals surface area (Å²) in [5.41, 5.74) is 7.59. The Morgan fingerprint density at radius 3 is 2.34 bits per heavy atom. The van der Waals surface area contributed by atoms with Crippen LogP contribution in [0.1, 0.15) is 116 Å². The standard InChI is InChI=1S/C31H45BO3/c1-29(2)21-31(29,4)35-32(33)26-14-11-22-9-10-24(19-23(22)12-15-26)25-13-16-28(34-5)27(20-25)30(3)17-7-6-8-18-30/h13,16,19-20,26,33H,6-12,14-15,17-18,21H2,1-5H3. The first-order valence-corrected chi connectivity index (χ1v) is 14.1. The van der Waals surface area contributed by atoms with Crippen LogP contribution in [0.2, 0.25) is 5.82 Å². The lowest BCUT2D eigenvalue weighted by atomic mass is 9.67. The molecule has 0 amide bonds. The molecule has 190 valence electrons. The maximum absolute atomic E-state index is 10.9. The van der Waals surface area contributed by atoms with Crippen LogP contribution in [0.5, 0.6) is 5.75 Å². The van der Waals surface area contributed by atoms with E-state index in [1.54, 1.807) is 5.57 Å². The van der Waals surface area contributed by atoms with Gasteiger partial charge in [-0.05, 0) is 110 Å². The lowest BCUT2D eigenvalue weighted by Gasteiger charge is -2.35. The van der Waals surface area contributed by atoms with Crippen molar-refractivity contribution in [1.82, 2.24) is 0 Å². The van der Waals surface area contributed by atoms with Crippen molar-refractivity contribution in [2.24, 2.45) is 5.41 Å². The van der Waals surface area contributed by atoms with E-state index in [2.05, 4.69) is 52.0 Å². The van der Waals surface area contributed by atoms with Crippen LogP contribution >= 0.6 is 0 Å². The summed E-state index contributed by atoms with van der Waals surface area (Å²) in [7, 11) is 1.17. The molecular weight excluding hydrogens is 431 g/mol. The zero-order valence-corrected chi connectivity index (χ0v) is 22.7. The van der Waals surface area contributed by atoms with Crippen molar-refractivity contribution in [3.8, 4) is 5.75 Å². The van der Waals surface area contributed by atoms with Crippen molar-refractivity contribution >= 4 is 12.7 Å². The van der Waals surface area contributed by atoms with Crippen molar-refractivity contribution in [2.75, 3.05) is 7.11 Å². The summed E-state index contributed by atoms with van der Waals surface area (Å²) in [4.78, 5) is 0. The summed E-state index contributed by atoms with van der Waals surface area (Å²) < 4.78 is 12.0. The quantitative estimate of drug-likeness (QED) is 0.423. The Morgan fingerprint density at radius 2 is 1.66 bits per heavy atom. The van der Waals surface area contributed by atoms with Crippen LogP contribution in [-0.4, -0.2) is 24.9 Å². The van der Waals surface area contributed by atoms with E-state index >= 15 is 0 Å². The third-order valence-corrected chi connectivity index (χ3v) is 10.1. The van der Waals surface area contributed by atoms with Gasteiger partial charge in [0.25, 0.3) is 0 Å². The minimum atomic E-state index is -0.646. The molecule has 0 saturated heterocycles. The minimum absolute atomic E-state index is 0.167. The number of rotatable bonds is 6. The second-order valence-corrected chi connectivity index (χ2v) is 13.0. The van der Waals surface area contributed by atoms with Gasteiger partial charge in [-0.25, -0.2) is 0 Å². The van der Waals surface area contributed by atoms with Gasteiger partial charge in [0.2, 0.25) is 0 Å². The molecule has 0 aromatic heterocycles. The predicted octanol–water partition coefficient (Wildman–Crippen LogP) is 8.02. The average molecular weight is 477 g/mol. The van der Waals surface area contributed by atoms with Gasteiger partial charge in [0.1, 0.15) is 5.75 Å². The number of allylic oxidation sites excluding steroid dienone is 4. The minimum Gasteiger partial charge on any atom is -0.496 e. The molecule has 5 rings (SSSR count). The monoisotopic (exact) mass is 476 g/mol. The molecule has 2 fully saturated rings.